The number of rotatable bonds is 15. The van der Waals surface area contributed by atoms with Crippen LogP contribution in [0.5, 0.6) is 0 Å². The van der Waals surface area contributed by atoms with Crippen LogP contribution in [-0.4, -0.2) is 21.4 Å². The number of hydrogen-bond donors (Lipinski definition) is 1. The van der Waals surface area contributed by atoms with Gasteiger partial charge in [0.1, 0.15) is 0 Å². The molecule has 28 heavy (non-hydrogen) atoms. The van der Waals surface area contributed by atoms with Crippen molar-refractivity contribution < 1.29 is 14.7 Å². The molecule has 1 N–H and O–H groups in total. The molecule has 1 aromatic carbocycles. The van der Waals surface area contributed by atoms with Gasteiger partial charge in [-0.15, -0.1) is 0 Å². The number of carboxylic acids is 1. The van der Waals surface area contributed by atoms with Crippen LogP contribution < -0.4 is 0 Å². The molecule has 4 heteroatoms. The number of Topliss-reactive ketones (excluding diaryl/α,β-unsaturated/α-hetero) is 1. The van der Waals surface area contributed by atoms with Crippen LogP contribution in [0.4, 0.5) is 0 Å². The fourth-order valence-corrected chi connectivity index (χ4v) is 3.79. The van der Waals surface area contributed by atoms with Crippen molar-refractivity contribution >= 4 is 22.7 Å². The molecule has 0 unspecified atom stereocenters. The summed E-state index contributed by atoms with van der Waals surface area (Å²) < 4.78 is 2.03. The molecule has 1 heterocycles. The van der Waals surface area contributed by atoms with Crippen LogP contribution in [0, 0.1) is 0 Å². The van der Waals surface area contributed by atoms with E-state index in [2.05, 4.69) is 6.92 Å². The Morgan fingerprint density at radius 2 is 1.50 bits per heavy atom. The quantitative estimate of drug-likeness (QED) is 0.277. The minimum Gasteiger partial charge on any atom is -0.481 e. The van der Waals surface area contributed by atoms with E-state index in [1.165, 1.54) is 44.9 Å². The fraction of sp³-hybridized carbons (Fsp3) is 0.583. The number of aromatic nitrogens is 1. The second-order valence-corrected chi connectivity index (χ2v) is 7.75. The average Bonchev–Trinajstić information content (AvgIpc) is 3.05. The third-order valence-corrected chi connectivity index (χ3v) is 5.39. The van der Waals surface area contributed by atoms with Gasteiger partial charge in [0.25, 0.3) is 0 Å². The number of carboxylic acid groups (broad SMARTS) is 1. The van der Waals surface area contributed by atoms with E-state index in [-0.39, 0.29) is 12.2 Å². The second-order valence-electron chi connectivity index (χ2n) is 7.75. The molecule has 0 atom stereocenters. The Hall–Kier alpha value is -2.10. The molecule has 2 aromatic rings. The lowest BCUT2D eigenvalue weighted by Gasteiger charge is -2.03. The summed E-state index contributed by atoms with van der Waals surface area (Å²) in [5.41, 5.74) is 1.80. The van der Waals surface area contributed by atoms with Crippen LogP contribution >= 0.6 is 0 Å². The number of unbranched alkanes of at least 4 members (excludes halogenated alkanes) is 8. The van der Waals surface area contributed by atoms with Crippen molar-refractivity contribution in [3.63, 3.8) is 0 Å². The molecule has 2 rings (SSSR count). The third kappa shape index (κ3) is 7.14. The molecule has 0 aliphatic heterocycles. The predicted molar refractivity (Wildman–Crippen MR) is 115 cm³/mol. The maximum atomic E-state index is 12.8. The van der Waals surface area contributed by atoms with Crippen LogP contribution in [0.2, 0.25) is 0 Å². The topological polar surface area (TPSA) is 59.3 Å². The Bertz CT molecular complexity index is 747. The van der Waals surface area contributed by atoms with Gasteiger partial charge in [0.05, 0.1) is 0 Å². The van der Waals surface area contributed by atoms with Crippen LogP contribution in [0.1, 0.15) is 94.3 Å². The summed E-state index contributed by atoms with van der Waals surface area (Å²) in [7, 11) is 0. The molecule has 4 nitrogen and oxygen atoms in total. The van der Waals surface area contributed by atoms with E-state index in [1.807, 2.05) is 35.0 Å². The van der Waals surface area contributed by atoms with E-state index in [1.54, 1.807) is 0 Å². The van der Waals surface area contributed by atoms with Crippen molar-refractivity contribution in [1.82, 2.24) is 4.57 Å². The Kier molecular flexibility index (Phi) is 9.81. The summed E-state index contributed by atoms with van der Waals surface area (Å²) in [4.78, 5) is 23.5. The Labute approximate surface area is 168 Å². The van der Waals surface area contributed by atoms with Gasteiger partial charge in [0.2, 0.25) is 0 Å². The first-order valence-corrected chi connectivity index (χ1v) is 11.0. The van der Waals surface area contributed by atoms with E-state index in [0.717, 1.165) is 29.3 Å². The summed E-state index contributed by atoms with van der Waals surface area (Å²) in [5.74, 6) is -0.575. The van der Waals surface area contributed by atoms with E-state index < -0.39 is 5.97 Å². The maximum absolute atomic E-state index is 12.8. The highest BCUT2D eigenvalue weighted by Crippen LogP contribution is 2.24. The number of aryl methyl sites for hydroxylation is 1. The fourth-order valence-electron chi connectivity index (χ4n) is 3.79. The number of benzene rings is 1. The molecular weight excluding hydrogens is 350 g/mol. The SMILES string of the molecule is CCCCCCCCCCCC(=O)c1cn(CCCC(=O)O)c2ccccc12. The molecule has 0 aliphatic carbocycles. The molecule has 154 valence electrons. The molecule has 0 amide bonds. The number of carbonyl (C=O) groups excluding carboxylic acids is 1. The Balaban J connectivity index is 1.81. The van der Waals surface area contributed by atoms with E-state index >= 15 is 0 Å². The zero-order valence-electron chi connectivity index (χ0n) is 17.3. The number of ketones is 1. The van der Waals surface area contributed by atoms with Gasteiger partial charge in [-0.05, 0) is 18.9 Å². The first-order valence-electron chi connectivity index (χ1n) is 11.0. The molecule has 1 aromatic heterocycles. The normalized spacial score (nSPS) is 11.2. The molecule has 0 aliphatic rings. The Morgan fingerprint density at radius 3 is 2.18 bits per heavy atom. The lowest BCUT2D eigenvalue weighted by Crippen LogP contribution is -2.01. The van der Waals surface area contributed by atoms with Crippen LogP contribution in [0.3, 0.4) is 0 Å². The zero-order chi connectivity index (χ0) is 20.2. The first-order chi connectivity index (χ1) is 13.6. The highest BCUT2D eigenvalue weighted by molar-refractivity contribution is 6.08. The highest BCUT2D eigenvalue weighted by atomic mass is 16.4. The van der Waals surface area contributed by atoms with Crippen molar-refractivity contribution in [2.24, 2.45) is 0 Å². The average molecular weight is 386 g/mol. The minimum atomic E-state index is -0.780. The largest absolute Gasteiger partial charge is 0.481 e. The van der Waals surface area contributed by atoms with Crippen LogP contribution in [0.25, 0.3) is 10.9 Å². The summed E-state index contributed by atoms with van der Waals surface area (Å²) in [6.45, 7) is 2.86. The number of para-hydroxylation sites is 1. The molecule has 0 spiro atoms. The van der Waals surface area contributed by atoms with Crippen molar-refractivity contribution in [2.45, 2.75) is 90.5 Å². The van der Waals surface area contributed by atoms with Crippen LogP contribution in [-0.2, 0) is 11.3 Å². The van der Waals surface area contributed by atoms with Crippen molar-refractivity contribution in [3.05, 3.63) is 36.0 Å². The monoisotopic (exact) mass is 385 g/mol. The molecule has 0 radical (unpaired) electrons. The standard InChI is InChI=1S/C24H35NO3/c1-2-3-4-5-6-7-8-9-10-16-23(26)21-19-25(18-13-17-24(27)28)22-15-12-11-14-20(21)22/h11-12,14-15,19H,2-10,13,16-18H2,1H3,(H,27,28). The lowest BCUT2D eigenvalue weighted by atomic mass is 10.0. The number of hydrogen-bond acceptors (Lipinski definition) is 2. The smallest absolute Gasteiger partial charge is 0.303 e. The minimum absolute atomic E-state index is 0.147. The van der Waals surface area contributed by atoms with Gasteiger partial charge in [0, 0.05) is 42.0 Å². The maximum Gasteiger partial charge on any atom is 0.303 e. The summed E-state index contributed by atoms with van der Waals surface area (Å²) >= 11 is 0. The molecular formula is C24H35NO3. The van der Waals surface area contributed by atoms with Gasteiger partial charge >= 0.3 is 5.97 Å². The zero-order valence-corrected chi connectivity index (χ0v) is 17.3. The highest BCUT2D eigenvalue weighted by Gasteiger charge is 2.14. The van der Waals surface area contributed by atoms with Crippen molar-refractivity contribution in [2.75, 3.05) is 0 Å². The molecule has 0 fully saturated rings. The van der Waals surface area contributed by atoms with Gasteiger partial charge in [-0.2, -0.15) is 0 Å². The Morgan fingerprint density at radius 1 is 0.857 bits per heavy atom. The van der Waals surface area contributed by atoms with Gasteiger partial charge in [-0.1, -0.05) is 76.5 Å². The van der Waals surface area contributed by atoms with Crippen molar-refractivity contribution in [3.8, 4) is 0 Å². The second kappa shape index (κ2) is 12.4. The molecule has 0 bridgehead atoms. The number of carbonyl (C=O) groups is 2. The summed E-state index contributed by atoms with van der Waals surface area (Å²) in [6.07, 6.45) is 14.4. The van der Waals surface area contributed by atoms with Crippen LogP contribution in [0.15, 0.2) is 30.5 Å². The van der Waals surface area contributed by atoms with Gasteiger partial charge in [0.15, 0.2) is 5.78 Å². The lowest BCUT2D eigenvalue weighted by molar-refractivity contribution is -0.137. The number of aliphatic carboxylic acids is 1. The van der Waals surface area contributed by atoms with Gasteiger partial charge < -0.3 is 9.67 Å². The first kappa shape index (κ1) is 22.2. The third-order valence-electron chi connectivity index (χ3n) is 5.39. The van der Waals surface area contributed by atoms with E-state index in [9.17, 15) is 9.59 Å². The molecule has 0 saturated heterocycles. The summed E-state index contributed by atoms with van der Waals surface area (Å²) in [6, 6.07) is 7.92. The van der Waals surface area contributed by atoms with E-state index in [4.69, 9.17) is 5.11 Å². The van der Waals surface area contributed by atoms with Gasteiger partial charge in [-0.25, -0.2) is 0 Å². The number of nitrogens with zero attached hydrogens (tertiary/aromatic N) is 1. The van der Waals surface area contributed by atoms with Gasteiger partial charge in [-0.3, -0.25) is 9.59 Å². The molecule has 0 saturated carbocycles. The summed E-state index contributed by atoms with van der Waals surface area (Å²) in [5, 5.41) is 9.83. The van der Waals surface area contributed by atoms with E-state index in [0.29, 0.717) is 19.4 Å². The predicted octanol–water partition coefficient (Wildman–Crippen LogP) is 6.61. The van der Waals surface area contributed by atoms with Crippen molar-refractivity contribution in [1.29, 1.82) is 0 Å². The number of fused-ring (bicyclic) bond motifs is 1.